The van der Waals surface area contributed by atoms with Crippen LogP contribution in [-0.2, 0) is 23.9 Å². The quantitative estimate of drug-likeness (QED) is 0.403. The van der Waals surface area contributed by atoms with Gasteiger partial charge in [0.2, 0.25) is 0 Å². The van der Waals surface area contributed by atoms with E-state index in [1.54, 1.807) is 0 Å². The Morgan fingerprint density at radius 3 is 1.64 bits per heavy atom. The number of rotatable bonds is 4. The number of esters is 2. The maximum absolute atomic E-state index is 11.0. The SMILES string of the molecule is CCC(OC(C)=O)(OC(C)=O)C(=O)Cl. The second-order valence-electron chi connectivity index (χ2n) is 2.57. The fraction of sp³-hybridized carbons (Fsp3) is 0.625. The first-order valence-electron chi connectivity index (χ1n) is 3.93. The molecule has 6 heteroatoms. The summed E-state index contributed by atoms with van der Waals surface area (Å²) in [4.78, 5) is 32.3. The van der Waals surface area contributed by atoms with Crippen LogP contribution in [0.3, 0.4) is 0 Å². The third kappa shape index (κ3) is 3.33. The summed E-state index contributed by atoms with van der Waals surface area (Å²) in [6, 6.07) is 0. The van der Waals surface area contributed by atoms with Gasteiger partial charge in [0.1, 0.15) is 0 Å². The Hall–Kier alpha value is -1.10. The lowest BCUT2D eigenvalue weighted by Gasteiger charge is -2.26. The Bertz CT molecular complexity index is 244. The minimum atomic E-state index is -1.99. The standard InChI is InChI=1S/C8H11ClO5/c1-4-8(7(9)12,13-5(2)10)14-6(3)11/h4H2,1-3H3. The van der Waals surface area contributed by atoms with Crippen molar-refractivity contribution in [3.63, 3.8) is 0 Å². The molecule has 0 amide bonds. The van der Waals surface area contributed by atoms with Crippen molar-refractivity contribution in [2.75, 3.05) is 0 Å². The molecule has 0 radical (unpaired) electrons. The second-order valence-corrected chi connectivity index (χ2v) is 2.91. The highest BCUT2D eigenvalue weighted by molar-refractivity contribution is 6.65. The van der Waals surface area contributed by atoms with Gasteiger partial charge < -0.3 is 9.47 Å². The first-order valence-corrected chi connectivity index (χ1v) is 4.31. The largest absolute Gasteiger partial charge is 0.414 e. The van der Waals surface area contributed by atoms with Crippen molar-refractivity contribution < 1.29 is 23.9 Å². The van der Waals surface area contributed by atoms with Crippen molar-refractivity contribution in [3.05, 3.63) is 0 Å². The minimum absolute atomic E-state index is 0.0332. The Labute approximate surface area is 86.3 Å². The average molecular weight is 223 g/mol. The molecule has 5 nitrogen and oxygen atoms in total. The Kier molecular flexibility index (Phi) is 4.56. The van der Waals surface area contributed by atoms with Crippen LogP contribution in [0, 0.1) is 0 Å². The number of hydrogen-bond acceptors (Lipinski definition) is 5. The van der Waals surface area contributed by atoms with E-state index in [1.807, 2.05) is 0 Å². The van der Waals surface area contributed by atoms with Gasteiger partial charge in [-0.2, -0.15) is 0 Å². The maximum Gasteiger partial charge on any atom is 0.331 e. The molecule has 0 saturated heterocycles. The third-order valence-electron chi connectivity index (χ3n) is 1.38. The molecule has 0 atom stereocenters. The van der Waals surface area contributed by atoms with Gasteiger partial charge in [-0.25, -0.2) is 0 Å². The highest BCUT2D eigenvalue weighted by Gasteiger charge is 2.42. The summed E-state index contributed by atoms with van der Waals surface area (Å²) >= 11 is 5.20. The third-order valence-corrected chi connectivity index (χ3v) is 1.67. The van der Waals surface area contributed by atoms with Gasteiger partial charge in [-0.05, 0) is 11.6 Å². The number of halogens is 1. The lowest BCUT2D eigenvalue weighted by molar-refractivity contribution is -0.220. The summed E-state index contributed by atoms with van der Waals surface area (Å²) in [5.74, 6) is -3.48. The van der Waals surface area contributed by atoms with Crippen molar-refractivity contribution in [2.24, 2.45) is 0 Å². The topological polar surface area (TPSA) is 69.7 Å². The Morgan fingerprint density at radius 1 is 1.14 bits per heavy atom. The molecular weight excluding hydrogens is 212 g/mol. The minimum Gasteiger partial charge on any atom is -0.414 e. The highest BCUT2D eigenvalue weighted by atomic mass is 35.5. The molecule has 0 aromatic carbocycles. The molecule has 0 fully saturated rings. The molecular formula is C8H11ClO5. The molecule has 0 aromatic heterocycles. The first-order chi connectivity index (χ1) is 6.34. The molecule has 0 spiro atoms. The Balaban J connectivity index is 4.87. The molecule has 14 heavy (non-hydrogen) atoms. The van der Waals surface area contributed by atoms with Gasteiger partial charge in [0.25, 0.3) is 0 Å². The first kappa shape index (κ1) is 12.9. The predicted octanol–water partition coefficient (Wildman–Crippen LogP) is 0.984. The molecule has 0 unspecified atom stereocenters. The highest BCUT2D eigenvalue weighted by Crippen LogP contribution is 2.22. The zero-order valence-corrected chi connectivity index (χ0v) is 8.88. The predicted molar refractivity (Wildman–Crippen MR) is 47.4 cm³/mol. The monoisotopic (exact) mass is 222 g/mol. The molecule has 0 aromatic rings. The van der Waals surface area contributed by atoms with Crippen molar-refractivity contribution >= 4 is 28.8 Å². The fourth-order valence-corrected chi connectivity index (χ4v) is 1.06. The van der Waals surface area contributed by atoms with Gasteiger partial charge in [-0.3, -0.25) is 14.4 Å². The van der Waals surface area contributed by atoms with Crippen LogP contribution in [0.25, 0.3) is 0 Å². The fourth-order valence-electron chi connectivity index (χ4n) is 0.849. The molecule has 0 bridgehead atoms. The normalized spacial score (nSPS) is 10.6. The number of carbonyl (C=O) groups excluding carboxylic acids is 3. The van der Waals surface area contributed by atoms with E-state index in [2.05, 4.69) is 9.47 Å². The molecule has 0 N–H and O–H groups in total. The average Bonchev–Trinajstić information content (AvgIpc) is 2.00. The molecule has 0 heterocycles. The lowest BCUT2D eigenvalue weighted by Crippen LogP contribution is -2.44. The van der Waals surface area contributed by atoms with Gasteiger partial charge in [0.15, 0.2) is 0 Å². The zero-order valence-electron chi connectivity index (χ0n) is 8.13. The number of carbonyl (C=O) groups is 3. The van der Waals surface area contributed by atoms with Crippen LogP contribution in [0.1, 0.15) is 27.2 Å². The van der Waals surface area contributed by atoms with Crippen molar-refractivity contribution in [3.8, 4) is 0 Å². The van der Waals surface area contributed by atoms with E-state index >= 15 is 0 Å². The van der Waals surface area contributed by atoms with E-state index in [0.717, 1.165) is 13.8 Å². The van der Waals surface area contributed by atoms with E-state index in [0.29, 0.717) is 0 Å². The molecule has 0 aliphatic heterocycles. The van der Waals surface area contributed by atoms with Gasteiger partial charge in [-0.15, -0.1) is 0 Å². The van der Waals surface area contributed by atoms with Crippen molar-refractivity contribution in [2.45, 2.75) is 33.0 Å². The van der Waals surface area contributed by atoms with Crippen molar-refractivity contribution in [1.29, 1.82) is 0 Å². The van der Waals surface area contributed by atoms with Crippen LogP contribution in [0.5, 0.6) is 0 Å². The van der Waals surface area contributed by atoms with Crippen LogP contribution in [0.15, 0.2) is 0 Å². The number of ether oxygens (including phenoxy) is 2. The molecule has 0 rings (SSSR count). The van der Waals surface area contributed by atoms with Gasteiger partial charge in [-0.1, -0.05) is 6.92 Å². The summed E-state index contributed by atoms with van der Waals surface area (Å²) < 4.78 is 9.19. The van der Waals surface area contributed by atoms with E-state index in [9.17, 15) is 14.4 Å². The Morgan fingerprint density at radius 2 is 1.50 bits per heavy atom. The smallest absolute Gasteiger partial charge is 0.331 e. The van der Waals surface area contributed by atoms with Gasteiger partial charge >= 0.3 is 23.0 Å². The summed E-state index contributed by atoms with van der Waals surface area (Å²) in [7, 11) is 0. The summed E-state index contributed by atoms with van der Waals surface area (Å²) in [5.41, 5.74) is 0. The lowest BCUT2D eigenvalue weighted by atomic mass is 10.2. The second kappa shape index (κ2) is 4.95. The molecule has 0 aliphatic carbocycles. The molecule has 0 aliphatic rings. The van der Waals surface area contributed by atoms with Crippen LogP contribution in [0.4, 0.5) is 0 Å². The van der Waals surface area contributed by atoms with Gasteiger partial charge in [0, 0.05) is 20.3 Å². The van der Waals surface area contributed by atoms with E-state index in [-0.39, 0.29) is 6.42 Å². The van der Waals surface area contributed by atoms with Crippen LogP contribution in [0.2, 0.25) is 0 Å². The summed E-state index contributed by atoms with van der Waals surface area (Å²) in [6.07, 6.45) is -0.0332. The van der Waals surface area contributed by atoms with E-state index < -0.39 is 23.0 Å². The van der Waals surface area contributed by atoms with Crippen molar-refractivity contribution in [1.82, 2.24) is 0 Å². The maximum atomic E-state index is 11.0. The molecule has 80 valence electrons. The van der Waals surface area contributed by atoms with Crippen LogP contribution < -0.4 is 0 Å². The van der Waals surface area contributed by atoms with Crippen LogP contribution in [-0.4, -0.2) is 23.0 Å². The molecule has 0 saturated carbocycles. The summed E-state index contributed by atoms with van der Waals surface area (Å²) in [5, 5.41) is -1.04. The van der Waals surface area contributed by atoms with E-state index in [4.69, 9.17) is 11.6 Å². The van der Waals surface area contributed by atoms with Gasteiger partial charge in [0.05, 0.1) is 0 Å². The summed E-state index contributed by atoms with van der Waals surface area (Å²) in [6.45, 7) is 3.69. The number of hydrogen-bond donors (Lipinski definition) is 0. The van der Waals surface area contributed by atoms with E-state index in [1.165, 1.54) is 6.92 Å². The van der Waals surface area contributed by atoms with Crippen LogP contribution >= 0.6 is 11.6 Å². The zero-order chi connectivity index (χ0) is 11.4.